The fourth-order valence-electron chi connectivity index (χ4n) is 5.25. The minimum Gasteiger partial charge on any atom is -0.339 e. The molecule has 2 aliphatic rings. The Morgan fingerprint density at radius 3 is 2.62 bits per heavy atom. The zero-order valence-electron chi connectivity index (χ0n) is 19.8. The highest BCUT2D eigenvalue weighted by molar-refractivity contribution is 6.30. The van der Waals surface area contributed by atoms with Crippen LogP contribution >= 0.6 is 11.6 Å². The summed E-state index contributed by atoms with van der Waals surface area (Å²) in [5.41, 5.74) is 3.38. The van der Waals surface area contributed by atoms with Crippen molar-refractivity contribution in [2.24, 2.45) is 0 Å². The van der Waals surface area contributed by atoms with Crippen molar-refractivity contribution in [1.82, 2.24) is 20.2 Å². The monoisotopic (exact) mass is 524 g/mol. The number of alkyl halides is 3. The number of nitrogens with one attached hydrogen (secondary N) is 1. The number of pyridine rings is 1. The Hall–Kier alpha value is -3.59. The van der Waals surface area contributed by atoms with Gasteiger partial charge < -0.3 is 9.80 Å². The third-order valence-corrected chi connectivity index (χ3v) is 7.31. The number of para-hydroxylation sites is 1. The first-order valence-corrected chi connectivity index (χ1v) is 12.6. The predicted molar refractivity (Wildman–Crippen MR) is 137 cm³/mol. The molecule has 37 heavy (non-hydrogen) atoms. The van der Waals surface area contributed by atoms with Crippen LogP contribution in [0.2, 0.25) is 5.02 Å². The summed E-state index contributed by atoms with van der Waals surface area (Å²) in [7, 11) is 0. The van der Waals surface area contributed by atoms with E-state index in [1.54, 1.807) is 12.1 Å². The van der Waals surface area contributed by atoms with Crippen molar-refractivity contribution in [1.29, 1.82) is 0 Å². The lowest BCUT2D eigenvalue weighted by atomic mass is 10.0. The van der Waals surface area contributed by atoms with Crippen LogP contribution in [0.15, 0.2) is 60.8 Å². The van der Waals surface area contributed by atoms with Crippen molar-refractivity contribution in [3.05, 3.63) is 82.6 Å². The summed E-state index contributed by atoms with van der Waals surface area (Å²) < 4.78 is 41.0. The average Bonchev–Trinajstić information content (AvgIpc) is 3.33. The lowest BCUT2D eigenvalue weighted by Gasteiger charge is -2.41. The van der Waals surface area contributed by atoms with Crippen LogP contribution < -0.4 is 9.80 Å². The van der Waals surface area contributed by atoms with Gasteiger partial charge in [0, 0.05) is 35.6 Å². The number of benzene rings is 2. The fourth-order valence-corrected chi connectivity index (χ4v) is 5.38. The number of anilines is 3. The van der Waals surface area contributed by atoms with Crippen LogP contribution in [0.5, 0.6) is 0 Å². The van der Waals surface area contributed by atoms with Crippen molar-refractivity contribution in [3.8, 4) is 11.4 Å². The van der Waals surface area contributed by atoms with Crippen molar-refractivity contribution in [2.45, 2.75) is 37.9 Å². The first-order valence-electron chi connectivity index (χ1n) is 12.2. The molecule has 0 amide bonds. The first-order chi connectivity index (χ1) is 17.9. The normalized spacial score (nSPS) is 17.8. The second-order valence-corrected chi connectivity index (χ2v) is 9.85. The Kier molecular flexibility index (Phi) is 6.03. The van der Waals surface area contributed by atoms with E-state index in [0.29, 0.717) is 41.1 Å². The van der Waals surface area contributed by atoms with Crippen molar-refractivity contribution in [3.63, 3.8) is 0 Å². The molecule has 2 aliphatic heterocycles. The average molecular weight is 525 g/mol. The largest absolute Gasteiger partial charge is 0.417 e. The number of aromatic nitrogens is 4. The number of aryl methyl sites for hydroxylation is 2. The van der Waals surface area contributed by atoms with Crippen LogP contribution in [0.1, 0.15) is 29.7 Å². The van der Waals surface area contributed by atoms with E-state index in [0.717, 1.165) is 48.8 Å². The summed E-state index contributed by atoms with van der Waals surface area (Å²) in [6.45, 7) is 1.36. The SMILES string of the molecule is FC(F)(F)c1cnc2c(c1)N(C1CCCN(c3nc(-c4ccc(Cl)cc4)n[nH]3)C1)c1ccccc1CC2. The van der Waals surface area contributed by atoms with Gasteiger partial charge >= 0.3 is 6.18 Å². The summed E-state index contributed by atoms with van der Waals surface area (Å²) in [6, 6.07) is 16.5. The quantitative estimate of drug-likeness (QED) is 0.334. The fraction of sp³-hybridized carbons (Fsp3) is 0.296. The maximum absolute atomic E-state index is 13.7. The van der Waals surface area contributed by atoms with Crippen LogP contribution in [-0.2, 0) is 19.0 Å². The number of nitrogens with zero attached hydrogens (tertiary/aromatic N) is 5. The van der Waals surface area contributed by atoms with Crippen molar-refractivity contribution >= 4 is 28.9 Å². The maximum atomic E-state index is 13.7. The van der Waals surface area contributed by atoms with Gasteiger partial charge in [-0.1, -0.05) is 29.8 Å². The molecule has 1 N–H and O–H groups in total. The topological polar surface area (TPSA) is 60.9 Å². The highest BCUT2D eigenvalue weighted by atomic mass is 35.5. The lowest BCUT2D eigenvalue weighted by molar-refractivity contribution is -0.137. The van der Waals surface area contributed by atoms with E-state index in [9.17, 15) is 13.2 Å². The smallest absolute Gasteiger partial charge is 0.339 e. The first kappa shape index (κ1) is 23.8. The van der Waals surface area contributed by atoms with E-state index in [4.69, 9.17) is 16.6 Å². The number of rotatable bonds is 3. The van der Waals surface area contributed by atoms with Gasteiger partial charge in [0.15, 0.2) is 5.82 Å². The van der Waals surface area contributed by atoms with E-state index in [2.05, 4.69) is 25.0 Å². The zero-order valence-corrected chi connectivity index (χ0v) is 20.6. The predicted octanol–water partition coefficient (Wildman–Crippen LogP) is 6.44. The second-order valence-electron chi connectivity index (χ2n) is 9.42. The maximum Gasteiger partial charge on any atom is 0.417 e. The van der Waals surface area contributed by atoms with Gasteiger partial charge in [0.2, 0.25) is 5.95 Å². The van der Waals surface area contributed by atoms with Crippen LogP contribution in [0.4, 0.5) is 30.5 Å². The molecule has 1 saturated heterocycles. The molecular formula is C27H24ClF3N6. The number of hydrogen-bond donors (Lipinski definition) is 1. The molecule has 0 spiro atoms. The van der Waals surface area contributed by atoms with Gasteiger partial charge in [0.05, 0.1) is 23.0 Å². The molecule has 10 heteroatoms. The molecule has 2 aromatic heterocycles. The van der Waals surface area contributed by atoms with Gasteiger partial charge in [-0.05, 0) is 67.6 Å². The zero-order chi connectivity index (χ0) is 25.6. The van der Waals surface area contributed by atoms with E-state index >= 15 is 0 Å². The van der Waals surface area contributed by atoms with Gasteiger partial charge in [-0.25, -0.2) is 5.10 Å². The molecule has 1 unspecified atom stereocenters. The molecule has 0 radical (unpaired) electrons. The minimum absolute atomic E-state index is 0.0684. The Bertz CT molecular complexity index is 1420. The van der Waals surface area contributed by atoms with Gasteiger partial charge in [-0.2, -0.15) is 23.3 Å². The third-order valence-electron chi connectivity index (χ3n) is 7.05. The molecule has 6 rings (SSSR count). The summed E-state index contributed by atoms with van der Waals surface area (Å²) in [6.07, 6.45) is -0.505. The van der Waals surface area contributed by atoms with Crippen molar-refractivity contribution in [2.75, 3.05) is 22.9 Å². The summed E-state index contributed by atoms with van der Waals surface area (Å²) >= 11 is 6.01. The molecule has 190 valence electrons. The van der Waals surface area contributed by atoms with Crippen LogP contribution in [0, 0.1) is 0 Å². The van der Waals surface area contributed by atoms with Gasteiger partial charge in [-0.3, -0.25) is 4.98 Å². The molecule has 1 fully saturated rings. The van der Waals surface area contributed by atoms with E-state index in [-0.39, 0.29) is 6.04 Å². The third kappa shape index (κ3) is 4.64. The number of piperidine rings is 1. The molecule has 1 atom stereocenters. The number of halogens is 4. The van der Waals surface area contributed by atoms with E-state index < -0.39 is 11.7 Å². The summed E-state index contributed by atoms with van der Waals surface area (Å²) in [4.78, 5) is 13.2. The number of fused-ring (bicyclic) bond motifs is 2. The molecule has 0 bridgehead atoms. The van der Waals surface area contributed by atoms with Crippen LogP contribution in [-0.4, -0.2) is 39.3 Å². The Labute approximate surface area is 217 Å². The van der Waals surface area contributed by atoms with Crippen LogP contribution in [0.3, 0.4) is 0 Å². The Morgan fingerprint density at radius 1 is 1.00 bits per heavy atom. The molecule has 4 aromatic rings. The highest BCUT2D eigenvalue weighted by Crippen LogP contribution is 2.41. The van der Waals surface area contributed by atoms with Crippen molar-refractivity contribution < 1.29 is 13.2 Å². The number of H-pyrrole nitrogens is 1. The summed E-state index contributed by atoms with van der Waals surface area (Å²) in [5.74, 6) is 1.21. The Morgan fingerprint density at radius 2 is 1.81 bits per heavy atom. The molecule has 0 aliphatic carbocycles. The number of hydrogen-bond acceptors (Lipinski definition) is 5. The van der Waals surface area contributed by atoms with Gasteiger partial charge in [0.25, 0.3) is 0 Å². The summed E-state index contributed by atoms with van der Waals surface area (Å²) in [5, 5.41) is 8.07. The van der Waals surface area contributed by atoms with Crippen LogP contribution in [0.25, 0.3) is 11.4 Å². The second kappa shape index (κ2) is 9.37. The molecule has 2 aromatic carbocycles. The Balaban J connectivity index is 1.36. The van der Waals surface area contributed by atoms with E-state index in [1.807, 2.05) is 36.4 Å². The molecule has 4 heterocycles. The molecule has 0 saturated carbocycles. The lowest BCUT2D eigenvalue weighted by Crippen LogP contribution is -2.47. The minimum atomic E-state index is -4.46. The van der Waals surface area contributed by atoms with Gasteiger partial charge in [-0.15, -0.1) is 0 Å². The number of aromatic amines is 1. The highest BCUT2D eigenvalue weighted by Gasteiger charge is 2.36. The van der Waals surface area contributed by atoms with Gasteiger partial charge in [0.1, 0.15) is 0 Å². The molecular weight excluding hydrogens is 501 g/mol. The van der Waals surface area contributed by atoms with E-state index in [1.165, 1.54) is 6.07 Å². The standard InChI is InChI=1S/C27H24ClF3N6/c28-20-10-7-18(8-11-20)25-33-26(35-34-25)36-13-3-5-21(16-36)37-23-6-2-1-4-17(23)9-12-22-24(37)14-19(15-32-22)27(29,30)31/h1-2,4,6-8,10-11,14-15,21H,3,5,9,12-13,16H2,(H,33,34,35). The molecule has 6 nitrogen and oxygen atoms in total.